The standard InChI is InChI=1S/C22H28F2N2O3/c1-5-26(15(2)3)14-16-6-9-18(10-7-16)21(27)25-13-17-8-11-19(28-4)20(12-17)29-22(23)24/h6-12,15,22H,5,13-14H2,1-4H3,(H,25,27). The zero-order valence-electron chi connectivity index (χ0n) is 17.2. The van der Waals surface area contributed by atoms with Gasteiger partial charge in [0, 0.05) is 24.7 Å². The van der Waals surface area contributed by atoms with Gasteiger partial charge in [-0.15, -0.1) is 0 Å². The number of benzene rings is 2. The Balaban J connectivity index is 1.98. The van der Waals surface area contributed by atoms with Crippen LogP contribution >= 0.6 is 0 Å². The molecule has 0 atom stereocenters. The summed E-state index contributed by atoms with van der Waals surface area (Å²) in [6.07, 6.45) is 0. The van der Waals surface area contributed by atoms with Crippen molar-refractivity contribution in [1.82, 2.24) is 10.2 Å². The molecule has 1 N–H and O–H groups in total. The molecule has 2 rings (SSSR count). The zero-order chi connectivity index (χ0) is 21.4. The van der Waals surface area contributed by atoms with E-state index < -0.39 is 6.61 Å². The van der Waals surface area contributed by atoms with Crippen molar-refractivity contribution in [3.05, 3.63) is 59.2 Å². The van der Waals surface area contributed by atoms with Crippen molar-refractivity contribution >= 4 is 5.91 Å². The van der Waals surface area contributed by atoms with E-state index in [0.29, 0.717) is 17.2 Å². The monoisotopic (exact) mass is 406 g/mol. The van der Waals surface area contributed by atoms with E-state index in [1.54, 1.807) is 18.2 Å². The van der Waals surface area contributed by atoms with Gasteiger partial charge in [0.1, 0.15) is 0 Å². The number of amides is 1. The summed E-state index contributed by atoms with van der Waals surface area (Å²) in [6, 6.07) is 12.6. The van der Waals surface area contributed by atoms with Crippen LogP contribution in [-0.4, -0.2) is 37.1 Å². The number of methoxy groups -OCH3 is 1. The summed E-state index contributed by atoms with van der Waals surface area (Å²) >= 11 is 0. The lowest BCUT2D eigenvalue weighted by atomic mass is 10.1. The summed E-state index contributed by atoms with van der Waals surface area (Å²) in [5.41, 5.74) is 2.31. The number of hydrogen-bond donors (Lipinski definition) is 1. The van der Waals surface area contributed by atoms with E-state index in [2.05, 4.69) is 35.7 Å². The Morgan fingerprint density at radius 2 is 1.72 bits per heavy atom. The molecule has 0 saturated heterocycles. The van der Waals surface area contributed by atoms with E-state index in [0.717, 1.165) is 18.7 Å². The minimum atomic E-state index is -2.95. The number of rotatable bonds is 10. The highest BCUT2D eigenvalue weighted by molar-refractivity contribution is 5.94. The average Bonchev–Trinajstić information content (AvgIpc) is 2.70. The lowest BCUT2D eigenvalue weighted by molar-refractivity contribution is -0.0512. The molecule has 158 valence electrons. The number of carbonyl (C=O) groups is 1. The van der Waals surface area contributed by atoms with Gasteiger partial charge in [0.2, 0.25) is 0 Å². The van der Waals surface area contributed by atoms with Crippen molar-refractivity contribution < 1.29 is 23.0 Å². The smallest absolute Gasteiger partial charge is 0.387 e. The van der Waals surface area contributed by atoms with Crippen molar-refractivity contribution in [2.24, 2.45) is 0 Å². The second-order valence-electron chi connectivity index (χ2n) is 6.90. The molecule has 0 radical (unpaired) electrons. The Morgan fingerprint density at radius 3 is 2.28 bits per heavy atom. The van der Waals surface area contributed by atoms with Gasteiger partial charge < -0.3 is 14.8 Å². The van der Waals surface area contributed by atoms with E-state index in [1.807, 2.05) is 12.1 Å². The number of halogens is 2. The minimum Gasteiger partial charge on any atom is -0.493 e. The zero-order valence-corrected chi connectivity index (χ0v) is 17.2. The fourth-order valence-electron chi connectivity index (χ4n) is 2.96. The highest BCUT2D eigenvalue weighted by atomic mass is 19.3. The number of carbonyl (C=O) groups excluding carboxylic acids is 1. The molecule has 1 amide bonds. The third-order valence-electron chi connectivity index (χ3n) is 4.64. The first-order valence-corrected chi connectivity index (χ1v) is 9.57. The Hall–Kier alpha value is -2.67. The third-order valence-corrected chi connectivity index (χ3v) is 4.64. The van der Waals surface area contributed by atoms with Gasteiger partial charge in [-0.3, -0.25) is 9.69 Å². The molecule has 2 aromatic rings. The summed E-state index contributed by atoms with van der Waals surface area (Å²) in [5, 5.41) is 2.79. The lowest BCUT2D eigenvalue weighted by Crippen LogP contribution is -2.30. The molecule has 0 aliphatic carbocycles. The molecule has 0 fully saturated rings. The van der Waals surface area contributed by atoms with Gasteiger partial charge in [0.05, 0.1) is 7.11 Å². The molecule has 0 spiro atoms. The fraction of sp³-hybridized carbons (Fsp3) is 0.409. The molecular formula is C22H28F2N2O3. The number of nitrogens with zero attached hydrogens (tertiary/aromatic N) is 1. The van der Waals surface area contributed by atoms with E-state index in [4.69, 9.17) is 4.74 Å². The van der Waals surface area contributed by atoms with Gasteiger partial charge >= 0.3 is 6.61 Å². The Bertz CT molecular complexity index is 795. The van der Waals surface area contributed by atoms with Gasteiger partial charge in [0.15, 0.2) is 11.5 Å². The SMILES string of the molecule is CCN(Cc1ccc(C(=O)NCc2ccc(OC)c(OC(F)F)c2)cc1)C(C)C. The van der Waals surface area contributed by atoms with Crippen LogP contribution in [0.5, 0.6) is 11.5 Å². The number of nitrogens with one attached hydrogen (secondary N) is 1. The third kappa shape index (κ3) is 6.71. The van der Waals surface area contributed by atoms with Crippen molar-refractivity contribution in [3.63, 3.8) is 0 Å². The van der Waals surface area contributed by atoms with Gasteiger partial charge in [-0.25, -0.2) is 0 Å². The van der Waals surface area contributed by atoms with Crippen LogP contribution in [0.3, 0.4) is 0 Å². The highest BCUT2D eigenvalue weighted by Gasteiger charge is 2.13. The van der Waals surface area contributed by atoms with E-state index in [9.17, 15) is 13.6 Å². The largest absolute Gasteiger partial charge is 0.493 e. The van der Waals surface area contributed by atoms with E-state index in [-0.39, 0.29) is 24.0 Å². The second kappa shape index (κ2) is 10.8. The van der Waals surface area contributed by atoms with Gasteiger partial charge in [0.25, 0.3) is 5.91 Å². The molecule has 0 aliphatic heterocycles. The van der Waals surface area contributed by atoms with Crippen LogP contribution < -0.4 is 14.8 Å². The van der Waals surface area contributed by atoms with E-state index in [1.165, 1.54) is 19.2 Å². The van der Waals surface area contributed by atoms with Crippen molar-refractivity contribution in [1.29, 1.82) is 0 Å². The maximum Gasteiger partial charge on any atom is 0.387 e. The average molecular weight is 406 g/mol. The van der Waals surface area contributed by atoms with E-state index >= 15 is 0 Å². The molecule has 29 heavy (non-hydrogen) atoms. The molecule has 0 aliphatic rings. The molecular weight excluding hydrogens is 378 g/mol. The van der Waals surface area contributed by atoms with Gasteiger partial charge in [-0.2, -0.15) is 8.78 Å². The molecule has 0 unspecified atom stereocenters. The number of ether oxygens (including phenoxy) is 2. The van der Waals surface area contributed by atoms with Gasteiger partial charge in [-0.1, -0.05) is 25.1 Å². The maximum absolute atomic E-state index is 12.5. The van der Waals surface area contributed by atoms with Crippen molar-refractivity contribution in [2.75, 3.05) is 13.7 Å². The van der Waals surface area contributed by atoms with Crippen LogP contribution in [0, 0.1) is 0 Å². The quantitative estimate of drug-likeness (QED) is 0.633. The molecule has 0 aromatic heterocycles. The van der Waals surface area contributed by atoms with Crippen LogP contribution in [0.25, 0.3) is 0 Å². The predicted molar refractivity (Wildman–Crippen MR) is 108 cm³/mol. The molecule has 0 bridgehead atoms. The molecule has 0 saturated carbocycles. The Labute approximate surface area is 170 Å². The molecule has 0 heterocycles. The van der Waals surface area contributed by atoms with Crippen molar-refractivity contribution in [2.45, 2.75) is 46.5 Å². The first-order chi connectivity index (χ1) is 13.8. The lowest BCUT2D eigenvalue weighted by Gasteiger charge is -2.24. The minimum absolute atomic E-state index is 0.0655. The number of hydrogen-bond acceptors (Lipinski definition) is 4. The summed E-state index contributed by atoms with van der Waals surface area (Å²) in [5.74, 6) is -0.0948. The van der Waals surface area contributed by atoms with Crippen LogP contribution in [0.4, 0.5) is 8.78 Å². The van der Waals surface area contributed by atoms with Crippen LogP contribution in [-0.2, 0) is 13.1 Å². The topological polar surface area (TPSA) is 50.8 Å². The molecule has 2 aromatic carbocycles. The Kier molecular flexibility index (Phi) is 8.39. The van der Waals surface area contributed by atoms with Gasteiger partial charge in [-0.05, 0) is 55.8 Å². The predicted octanol–water partition coefficient (Wildman–Crippen LogP) is 4.46. The van der Waals surface area contributed by atoms with Crippen LogP contribution in [0.2, 0.25) is 0 Å². The van der Waals surface area contributed by atoms with Crippen LogP contribution in [0.1, 0.15) is 42.3 Å². The molecule has 7 heteroatoms. The second-order valence-corrected chi connectivity index (χ2v) is 6.90. The Morgan fingerprint density at radius 1 is 1.07 bits per heavy atom. The first-order valence-electron chi connectivity index (χ1n) is 9.57. The van der Waals surface area contributed by atoms with Crippen molar-refractivity contribution in [3.8, 4) is 11.5 Å². The summed E-state index contributed by atoms with van der Waals surface area (Å²) in [6.45, 7) is 5.45. The summed E-state index contributed by atoms with van der Waals surface area (Å²) < 4.78 is 34.5. The maximum atomic E-state index is 12.5. The fourth-order valence-corrected chi connectivity index (χ4v) is 2.96. The normalized spacial score (nSPS) is 11.2. The number of alkyl halides is 2. The highest BCUT2D eigenvalue weighted by Crippen LogP contribution is 2.29. The first kappa shape index (κ1) is 22.6. The molecule has 5 nitrogen and oxygen atoms in total. The van der Waals surface area contributed by atoms with Crippen LogP contribution in [0.15, 0.2) is 42.5 Å². The summed E-state index contributed by atoms with van der Waals surface area (Å²) in [4.78, 5) is 14.7. The summed E-state index contributed by atoms with van der Waals surface area (Å²) in [7, 11) is 1.37.